The van der Waals surface area contributed by atoms with Gasteiger partial charge in [-0.3, -0.25) is 0 Å². The van der Waals surface area contributed by atoms with Crippen LogP contribution in [-0.2, 0) is 23.0 Å². The number of ether oxygens (including phenoxy) is 1. The van der Waals surface area contributed by atoms with E-state index in [0.29, 0.717) is 13.2 Å². The van der Waals surface area contributed by atoms with E-state index in [-0.39, 0.29) is 22.7 Å². The van der Waals surface area contributed by atoms with Crippen molar-refractivity contribution in [3.63, 3.8) is 0 Å². The number of rotatable bonds is 3. The first-order valence-corrected chi connectivity index (χ1v) is 10.0. The quantitative estimate of drug-likeness (QED) is 0.847. The first-order valence-electron chi connectivity index (χ1n) is 8.55. The molecule has 2 unspecified atom stereocenters. The van der Waals surface area contributed by atoms with Crippen LogP contribution < -0.4 is 14.8 Å². The molecule has 1 aromatic heterocycles. The second-order valence-electron chi connectivity index (χ2n) is 6.68. The van der Waals surface area contributed by atoms with Crippen LogP contribution >= 0.6 is 0 Å². The topological polar surface area (TPSA) is 102 Å². The number of amides is 2. The van der Waals surface area contributed by atoms with Gasteiger partial charge in [0, 0.05) is 13.0 Å². The van der Waals surface area contributed by atoms with Gasteiger partial charge in [-0.1, -0.05) is 31.2 Å². The van der Waals surface area contributed by atoms with Crippen LogP contribution in [0.1, 0.15) is 30.5 Å². The minimum atomic E-state index is -4.06. The minimum Gasteiger partial charge on any atom is -0.477 e. The van der Waals surface area contributed by atoms with Crippen molar-refractivity contribution in [2.45, 2.75) is 37.2 Å². The Labute approximate surface area is 151 Å². The van der Waals surface area contributed by atoms with E-state index >= 15 is 0 Å². The van der Waals surface area contributed by atoms with Gasteiger partial charge in [0.25, 0.3) is 10.0 Å². The molecule has 2 amide bonds. The van der Waals surface area contributed by atoms with Crippen LogP contribution in [0.15, 0.2) is 35.4 Å². The maximum atomic E-state index is 12.6. The molecule has 9 heteroatoms. The lowest BCUT2D eigenvalue weighted by Crippen LogP contribution is -2.42. The predicted octanol–water partition coefficient (Wildman–Crippen LogP) is 1.59. The van der Waals surface area contributed by atoms with Crippen LogP contribution in [0.5, 0.6) is 5.88 Å². The number of fused-ring (bicyclic) bond motifs is 2. The highest BCUT2D eigenvalue weighted by molar-refractivity contribution is 7.90. The van der Waals surface area contributed by atoms with Crippen LogP contribution in [0.25, 0.3) is 0 Å². The Balaban J connectivity index is 1.51. The Hall–Kier alpha value is -2.55. The summed E-state index contributed by atoms with van der Waals surface area (Å²) in [5.74, 6) is 0.365. The van der Waals surface area contributed by atoms with Crippen molar-refractivity contribution >= 4 is 16.1 Å². The third-order valence-corrected chi connectivity index (χ3v) is 6.13. The lowest BCUT2D eigenvalue weighted by atomic mass is 10.0. The molecule has 26 heavy (non-hydrogen) atoms. The van der Waals surface area contributed by atoms with E-state index in [2.05, 4.69) is 15.1 Å². The Bertz CT molecular complexity index is 953. The van der Waals surface area contributed by atoms with Gasteiger partial charge in [0.05, 0.1) is 18.8 Å². The summed E-state index contributed by atoms with van der Waals surface area (Å²) in [6.45, 7) is 3.05. The van der Waals surface area contributed by atoms with Crippen LogP contribution in [0.4, 0.5) is 4.79 Å². The normalized spacial score (nSPS) is 21.4. The molecular formula is C17H20N4O4S. The number of hydrogen-bond acceptors (Lipinski definition) is 5. The van der Waals surface area contributed by atoms with Crippen LogP contribution in [0, 0.1) is 5.92 Å². The van der Waals surface area contributed by atoms with Crippen LogP contribution in [0.3, 0.4) is 0 Å². The number of hydrogen-bond donors (Lipinski definition) is 2. The monoisotopic (exact) mass is 376 g/mol. The Morgan fingerprint density at radius 1 is 1.35 bits per heavy atom. The Kier molecular flexibility index (Phi) is 4.10. The number of urea groups is 1. The first-order chi connectivity index (χ1) is 12.5. The molecule has 138 valence electrons. The number of sulfonamides is 1. The van der Waals surface area contributed by atoms with Crippen molar-refractivity contribution in [1.29, 1.82) is 0 Å². The molecule has 2 N–H and O–H groups in total. The van der Waals surface area contributed by atoms with E-state index in [1.165, 1.54) is 16.4 Å². The van der Waals surface area contributed by atoms with Crippen molar-refractivity contribution in [2.24, 2.45) is 5.92 Å². The van der Waals surface area contributed by atoms with Crippen LogP contribution in [0.2, 0.25) is 0 Å². The molecule has 4 rings (SSSR count). The summed E-state index contributed by atoms with van der Waals surface area (Å²) >= 11 is 0. The number of aromatic nitrogens is 2. The largest absolute Gasteiger partial charge is 0.477 e. The number of nitrogens with one attached hydrogen (secondary N) is 2. The van der Waals surface area contributed by atoms with E-state index in [1.807, 2.05) is 31.2 Å². The first kappa shape index (κ1) is 16.9. The van der Waals surface area contributed by atoms with E-state index in [9.17, 15) is 13.2 Å². The highest BCUT2D eigenvalue weighted by Crippen LogP contribution is 2.35. The molecule has 0 saturated heterocycles. The molecule has 2 aliphatic rings. The Morgan fingerprint density at radius 3 is 3.00 bits per heavy atom. The molecule has 1 aliphatic carbocycles. The number of nitrogens with zero attached hydrogens (tertiary/aromatic N) is 2. The van der Waals surface area contributed by atoms with E-state index < -0.39 is 16.1 Å². The fourth-order valence-corrected chi connectivity index (χ4v) is 4.58. The molecule has 2 aromatic rings. The maximum Gasteiger partial charge on any atom is 0.329 e. The summed E-state index contributed by atoms with van der Waals surface area (Å²) in [6, 6.07) is 6.88. The summed E-state index contributed by atoms with van der Waals surface area (Å²) in [5, 5.41) is 6.80. The average Bonchev–Trinajstić information content (AvgIpc) is 3.17. The van der Waals surface area contributed by atoms with E-state index in [1.54, 1.807) is 0 Å². The lowest BCUT2D eigenvalue weighted by molar-refractivity contribution is 0.224. The van der Waals surface area contributed by atoms with Gasteiger partial charge in [0.1, 0.15) is 0 Å². The highest BCUT2D eigenvalue weighted by atomic mass is 32.2. The number of aryl methyl sites for hydroxylation is 1. The maximum absolute atomic E-state index is 12.6. The minimum absolute atomic E-state index is 0.118. The summed E-state index contributed by atoms with van der Waals surface area (Å²) < 4.78 is 34.1. The SMILES string of the molecule is CC1Cc2ccccc2C1NC(=O)NS(=O)(=O)c1cnn2c1OCCC2. The molecule has 1 aromatic carbocycles. The van der Waals surface area contributed by atoms with Gasteiger partial charge in [0.2, 0.25) is 5.88 Å². The predicted molar refractivity (Wildman–Crippen MR) is 93.2 cm³/mol. The molecular weight excluding hydrogens is 356 g/mol. The van der Waals surface area contributed by atoms with Crippen molar-refractivity contribution in [3.8, 4) is 5.88 Å². The third-order valence-electron chi connectivity index (χ3n) is 4.82. The standard InChI is InChI=1S/C17H20N4O4S/c1-11-9-12-5-2-3-6-13(12)15(11)19-17(22)20-26(23,24)14-10-18-21-7-4-8-25-16(14)21/h2-3,5-6,10-11,15H,4,7-9H2,1H3,(H2,19,20,22). The number of benzene rings is 1. The Morgan fingerprint density at radius 2 is 2.15 bits per heavy atom. The zero-order valence-corrected chi connectivity index (χ0v) is 15.1. The van der Waals surface area contributed by atoms with Gasteiger partial charge in [-0.15, -0.1) is 0 Å². The fraction of sp³-hybridized carbons (Fsp3) is 0.412. The summed E-state index contributed by atoms with van der Waals surface area (Å²) in [7, 11) is -4.06. The molecule has 1 aliphatic heterocycles. The number of carbonyl (C=O) groups excluding carboxylic acids is 1. The molecule has 2 heterocycles. The molecule has 0 fully saturated rings. The van der Waals surface area contributed by atoms with E-state index in [0.717, 1.165) is 18.4 Å². The second-order valence-corrected chi connectivity index (χ2v) is 8.33. The fourth-order valence-electron chi connectivity index (χ4n) is 3.59. The smallest absolute Gasteiger partial charge is 0.329 e. The second kappa shape index (κ2) is 6.31. The molecule has 0 spiro atoms. The van der Waals surface area contributed by atoms with Crippen molar-refractivity contribution in [2.75, 3.05) is 6.61 Å². The lowest BCUT2D eigenvalue weighted by Gasteiger charge is -2.19. The van der Waals surface area contributed by atoms with Crippen molar-refractivity contribution < 1.29 is 17.9 Å². The number of carbonyl (C=O) groups is 1. The van der Waals surface area contributed by atoms with Crippen LogP contribution in [-0.4, -0.2) is 30.8 Å². The van der Waals surface area contributed by atoms with Gasteiger partial charge in [0.15, 0.2) is 4.90 Å². The molecule has 2 atom stereocenters. The van der Waals surface area contributed by atoms with Gasteiger partial charge in [-0.25, -0.2) is 22.6 Å². The summed E-state index contributed by atoms with van der Waals surface area (Å²) in [5.41, 5.74) is 2.20. The third kappa shape index (κ3) is 2.92. The molecule has 0 saturated carbocycles. The molecule has 0 bridgehead atoms. The molecule has 8 nitrogen and oxygen atoms in total. The van der Waals surface area contributed by atoms with Gasteiger partial charge < -0.3 is 10.1 Å². The van der Waals surface area contributed by atoms with E-state index in [4.69, 9.17) is 4.74 Å². The molecule has 0 radical (unpaired) electrons. The van der Waals surface area contributed by atoms with Gasteiger partial charge in [-0.05, 0) is 23.5 Å². The highest BCUT2D eigenvalue weighted by Gasteiger charge is 2.33. The summed E-state index contributed by atoms with van der Waals surface area (Å²) in [6.07, 6.45) is 2.82. The zero-order valence-electron chi connectivity index (χ0n) is 14.3. The summed E-state index contributed by atoms with van der Waals surface area (Å²) in [4.78, 5) is 12.2. The van der Waals surface area contributed by atoms with Crippen molar-refractivity contribution in [3.05, 3.63) is 41.6 Å². The average molecular weight is 376 g/mol. The van der Waals surface area contributed by atoms with Crippen molar-refractivity contribution in [1.82, 2.24) is 19.8 Å². The zero-order chi connectivity index (χ0) is 18.3. The van der Waals surface area contributed by atoms with Gasteiger partial charge >= 0.3 is 6.03 Å². The van der Waals surface area contributed by atoms with Gasteiger partial charge in [-0.2, -0.15) is 5.10 Å².